The smallest absolute Gasteiger partial charge is 0.308 e. The van der Waals surface area contributed by atoms with Gasteiger partial charge >= 0.3 is 5.97 Å². The van der Waals surface area contributed by atoms with E-state index in [0.29, 0.717) is 30.2 Å². The van der Waals surface area contributed by atoms with Crippen molar-refractivity contribution in [3.05, 3.63) is 64.7 Å². The molecule has 0 spiro atoms. The van der Waals surface area contributed by atoms with Crippen LogP contribution >= 0.6 is 11.6 Å². The number of carbonyl (C=O) groups is 2. The lowest BCUT2D eigenvalue weighted by Gasteiger charge is -2.25. The number of hydrogen-bond acceptors (Lipinski definition) is 4. The molecule has 2 aromatic carbocycles. The molecule has 1 unspecified atom stereocenters. The van der Waals surface area contributed by atoms with Crippen LogP contribution in [0.3, 0.4) is 0 Å². The molecule has 0 fully saturated rings. The van der Waals surface area contributed by atoms with Crippen LogP contribution in [-0.2, 0) is 16.0 Å². The summed E-state index contributed by atoms with van der Waals surface area (Å²) in [6.07, 6.45) is 1.16. The van der Waals surface area contributed by atoms with Gasteiger partial charge in [-0.1, -0.05) is 54.9 Å². The number of amides is 1. The molecule has 6 heteroatoms. The maximum atomic E-state index is 12.4. The molecule has 2 aromatic rings. The highest BCUT2D eigenvalue weighted by molar-refractivity contribution is 6.32. The van der Waals surface area contributed by atoms with Crippen molar-refractivity contribution >= 4 is 23.5 Å². The normalized spacial score (nSPS) is 13.0. The van der Waals surface area contributed by atoms with Gasteiger partial charge in [0.15, 0.2) is 0 Å². The number of rotatable bonds is 9. The summed E-state index contributed by atoms with van der Waals surface area (Å²) in [7, 11) is 3.97. The third kappa shape index (κ3) is 7.52. The molecule has 1 N–H and O–H groups in total. The molecule has 0 aliphatic heterocycles. The SMILES string of the molecule is CC(=O)Oc1ccc(CC(CNC(=O)C[C@H](C)c2ccccc2)N(C)C)cc1Cl. The van der Waals surface area contributed by atoms with Crippen molar-refractivity contribution in [3.8, 4) is 5.75 Å². The molecule has 156 valence electrons. The third-order valence-electron chi connectivity index (χ3n) is 4.85. The monoisotopic (exact) mass is 416 g/mol. The average Bonchev–Trinajstić information content (AvgIpc) is 2.67. The van der Waals surface area contributed by atoms with Gasteiger partial charge in [0.25, 0.3) is 0 Å². The number of carbonyl (C=O) groups excluding carboxylic acids is 2. The van der Waals surface area contributed by atoms with Crippen LogP contribution in [0.4, 0.5) is 0 Å². The van der Waals surface area contributed by atoms with E-state index in [9.17, 15) is 9.59 Å². The van der Waals surface area contributed by atoms with E-state index in [-0.39, 0.29) is 17.9 Å². The van der Waals surface area contributed by atoms with Gasteiger partial charge in [0, 0.05) is 25.9 Å². The number of nitrogens with zero attached hydrogens (tertiary/aromatic N) is 1. The summed E-state index contributed by atoms with van der Waals surface area (Å²) in [5, 5.41) is 3.45. The van der Waals surface area contributed by atoms with Gasteiger partial charge in [-0.3, -0.25) is 9.59 Å². The van der Waals surface area contributed by atoms with E-state index >= 15 is 0 Å². The number of hydrogen-bond donors (Lipinski definition) is 1. The minimum atomic E-state index is -0.404. The van der Waals surface area contributed by atoms with Gasteiger partial charge in [0.1, 0.15) is 5.75 Å². The number of benzene rings is 2. The van der Waals surface area contributed by atoms with E-state index in [4.69, 9.17) is 16.3 Å². The lowest BCUT2D eigenvalue weighted by atomic mass is 9.97. The van der Waals surface area contributed by atoms with Gasteiger partial charge in [-0.05, 0) is 49.7 Å². The summed E-state index contributed by atoms with van der Waals surface area (Å²) in [5.41, 5.74) is 2.17. The quantitative estimate of drug-likeness (QED) is 0.495. The maximum Gasteiger partial charge on any atom is 0.308 e. The Bertz CT molecular complexity index is 824. The summed E-state index contributed by atoms with van der Waals surface area (Å²) in [6.45, 7) is 3.94. The molecule has 0 bridgehead atoms. The van der Waals surface area contributed by atoms with Crippen molar-refractivity contribution in [2.45, 2.75) is 38.6 Å². The topological polar surface area (TPSA) is 58.6 Å². The Morgan fingerprint density at radius 1 is 1.14 bits per heavy atom. The van der Waals surface area contributed by atoms with Crippen molar-refractivity contribution in [1.82, 2.24) is 10.2 Å². The molecule has 29 heavy (non-hydrogen) atoms. The van der Waals surface area contributed by atoms with Crippen LogP contribution in [0.5, 0.6) is 5.75 Å². The largest absolute Gasteiger partial charge is 0.425 e. The van der Waals surface area contributed by atoms with Gasteiger partial charge in [-0.25, -0.2) is 0 Å². The van der Waals surface area contributed by atoms with Gasteiger partial charge in [0.2, 0.25) is 5.91 Å². The molecule has 0 saturated heterocycles. The molecule has 0 saturated carbocycles. The van der Waals surface area contributed by atoms with E-state index in [0.717, 1.165) is 11.1 Å². The highest BCUT2D eigenvalue weighted by Crippen LogP contribution is 2.26. The second-order valence-electron chi connectivity index (χ2n) is 7.50. The zero-order valence-electron chi connectivity index (χ0n) is 17.4. The first-order valence-electron chi connectivity index (χ1n) is 9.71. The van der Waals surface area contributed by atoms with Crippen molar-refractivity contribution in [2.75, 3.05) is 20.6 Å². The first-order chi connectivity index (χ1) is 13.8. The van der Waals surface area contributed by atoms with Crippen molar-refractivity contribution in [3.63, 3.8) is 0 Å². The Labute approximate surface area is 178 Å². The van der Waals surface area contributed by atoms with Crippen molar-refractivity contribution in [2.24, 2.45) is 0 Å². The Balaban J connectivity index is 1.92. The Morgan fingerprint density at radius 2 is 1.83 bits per heavy atom. The molecule has 0 aliphatic carbocycles. The van der Waals surface area contributed by atoms with E-state index in [2.05, 4.69) is 17.1 Å². The third-order valence-corrected chi connectivity index (χ3v) is 5.14. The van der Waals surface area contributed by atoms with Crippen LogP contribution in [-0.4, -0.2) is 43.5 Å². The lowest BCUT2D eigenvalue weighted by Crippen LogP contribution is -2.41. The molecular weight excluding hydrogens is 388 g/mol. The summed E-state index contributed by atoms with van der Waals surface area (Å²) < 4.78 is 5.07. The Kier molecular flexibility index (Phi) is 8.68. The van der Waals surface area contributed by atoms with Crippen LogP contribution in [0.2, 0.25) is 5.02 Å². The maximum absolute atomic E-state index is 12.4. The minimum Gasteiger partial charge on any atom is -0.425 e. The van der Waals surface area contributed by atoms with Crippen molar-refractivity contribution in [1.29, 1.82) is 0 Å². The highest BCUT2D eigenvalue weighted by Gasteiger charge is 2.17. The van der Waals surface area contributed by atoms with Gasteiger partial charge in [-0.15, -0.1) is 0 Å². The zero-order chi connectivity index (χ0) is 21.4. The van der Waals surface area contributed by atoms with Gasteiger partial charge in [-0.2, -0.15) is 0 Å². The molecule has 5 nitrogen and oxygen atoms in total. The zero-order valence-corrected chi connectivity index (χ0v) is 18.2. The summed E-state index contributed by atoms with van der Waals surface area (Å²) in [4.78, 5) is 25.6. The number of halogens is 1. The molecule has 2 rings (SSSR count). The van der Waals surface area contributed by atoms with Gasteiger partial charge < -0.3 is 15.0 Å². The second-order valence-corrected chi connectivity index (χ2v) is 7.91. The number of likely N-dealkylation sites (N-methyl/N-ethyl adjacent to an activating group) is 1. The van der Waals surface area contributed by atoms with Crippen LogP contribution < -0.4 is 10.1 Å². The fourth-order valence-corrected chi connectivity index (χ4v) is 3.34. The number of ether oxygens (including phenoxy) is 1. The van der Waals surface area contributed by atoms with Crippen LogP contribution in [0, 0.1) is 0 Å². The first kappa shape index (κ1) is 22.9. The molecule has 1 amide bonds. The molecule has 0 aliphatic rings. The Morgan fingerprint density at radius 3 is 2.41 bits per heavy atom. The van der Waals surface area contributed by atoms with E-state index in [1.54, 1.807) is 12.1 Å². The van der Waals surface area contributed by atoms with E-state index in [1.165, 1.54) is 6.92 Å². The fraction of sp³-hybridized carbons (Fsp3) is 0.391. The van der Waals surface area contributed by atoms with Crippen LogP contribution in [0.25, 0.3) is 0 Å². The Hall–Kier alpha value is -2.37. The predicted octanol–water partition coefficient (Wildman–Crippen LogP) is 4.05. The number of nitrogens with one attached hydrogen (secondary N) is 1. The minimum absolute atomic E-state index is 0.0384. The highest BCUT2D eigenvalue weighted by atomic mass is 35.5. The molecule has 0 heterocycles. The molecule has 0 radical (unpaired) electrons. The fourth-order valence-electron chi connectivity index (χ4n) is 3.10. The lowest BCUT2D eigenvalue weighted by molar-refractivity contribution is -0.131. The van der Waals surface area contributed by atoms with E-state index < -0.39 is 5.97 Å². The van der Waals surface area contributed by atoms with E-state index in [1.807, 2.05) is 50.5 Å². The van der Waals surface area contributed by atoms with Gasteiger partial charge in [0.05, 0.1) is 5.02 Å². The van der Waals surface area contributed by atoms with Crippen LogP contribution in [0.1, 0.15) is 37.3 Å². The molecule has 2 atom stereocenters. The number of esters is 1. The standard InChI is InChI=1S/C23H29ClN2O3/c1-16(19-8-6-5-7-9-19)12-23(28)25-15-20(26(3)4)13-18-10-11-22(21(24)14-18)29-17(2)27/h5-11,14,16,20H,12-13,15H2,1-4H3,(H,25,28)/t16-,20?/m0/s1. The predicted molar refractivity (Wildman–Crippen MR) is 116 cm³/mol. The second kappa shape index (κ2) is 11.0. The summed E-state index contributed by atoms with van der Waals surface area (Å²) >= 11 is 6.22. The van der Waals surface area contributed by atoms with Crippen molar-refractivity contribution < 1.29 is 14.3 Å². The molecular formula is C23H29ClN2O3. The van der Waals surface area contributed by atoms with Crippen LogP contribution in [0.15, 0.2) is 48.5 Å². The summed E-state index contributed by atoms with van der Waals surface area (Å²) in [5.74, 6) is 0.156. The molecule has 0 aromatic heterocycles. The summed E-state index contributed by atoms with van der Waals surface area (Å²) in [6, 6.07) is 15.5. The first-order valence-corrected chi connectivity index (χ1v) is 10.1. The average molecular weight is 417 g/mol.